The fraction of sp³-hybridized carbons (Fsp3) is 0.312. The van der Waals surface area contributed by atoms with Crippen LogP contribution in [0.1, 0.15) is 67.3 Å². The van der Waals surface area contributed by atoms with Gasteiger partial charge in [0.05, 0.1) is 29.3 Å². The van der Waals surface area contributed by atoms with Crippen LogP contribution in [0.2, 0.25) is 0 Å². The van der Waals surface area contributed by atoms with Crippen molar-refractivity contribution in [1.82, 2.24) is 9.55 Å². The third-order valence-electron chi connectivity index (χ3n) is 7.48. The van der Waals surface area contributed by atoms with Crippen LogP contribution in [0.15, 0.2) is 82.8 Å². The van der Waals surface area contributed by atoms with Crippen molar-refractivity contribution in [2.75, 3.05) is 0 Å². The monoisotopic (exact) mass is 504 g/mol. The molecular formula is C32H36N6. The average Bonchev–Trinajstić information content (AvgIpc) is 3.36. The van der Waals surface area contributed by atoms with Crippen molar-refractivity contribution >= 4 is 29.9 Å². The minimum Gasteiger partial charge on any atom is -0.405 e. The maximum Gasteiger partial charge on any atom is 0.0998 e. The molecule has 0 radical (unpaired) electrons. The van der Waals surface area contributed by atoms with Gasteiger partial charge in [0.2, 0.25) is 0 Å². The van der Waals surface area contributed by atoms with Crippen LogP contribution in [0.5, 0.6) is 0 Å². The van der Waals surface area contributed by atoms with Gasteiger partial charge >= 0.3 is 0 Å². The van der Waals surface area contributed by atoms with E-state index in [1.165, 1.54) is 49.6 Å². The molecular weight excluding hydrogens is 468 g/mol. The van der Waals surface area contributed by atoms with Gasteiger partial charge in [-0.15, -0.1) is 0 Å². The van der Waals surface area contributed by atoms with Gasteiger partial charge in [-0.2, -0.15) is 5.26 Å². The second-order valence-electron chi connectivity index (χ2n) is 10.0. The standard InChI is InChI=1S/C32H36N6/c1-23(18-24-10-13-27(14-11-24)37-17-7-16-33)29(20-34)28-19-26(12-15-30(28)35-2)32(25-8-5-4-6-9-25)31-21-36-22-38(31)3/h7,10-17,19,21-22,25,32H,2,4-6,8-9,18,33H2,1,3H3/b16-7?,29-23+,37-17?. The van der Waals surface area contributed by atoms with Gasteiger partial charge in [-0.05, 0) is 86.5 Å². The molecule has 0 aliphatic heterocycles. The lowest BCUT2D eigenvalue weighted by atomic mass is 9.75. The molecule has 3 aromatic rings. The molecule has 1 aliphatic carbocycles. The first-order chi connectivity index (χ1) is 18.5. The van der Waals surface area contributed by atoms with Crippen molar-refractivity contribution < 1.29 is 0 Å². The molecule has 1 aliphatic rings. The molecule has 2 N–H and O–H groups in total. The summed E-state index contributed by atoms with van der Waals surface area (Å²) in [5.41, 5.74) is 13.0. The molecule has 1 unspecified atom stereocenters. The summed E-state index contributed by atoms with van der Waals surface area (Å²) in [5, 5.41) is 10.3. The Bertz CT molecular complexity index is 1380. The lowest BCUT2D eigenvalue weighted by Crippen LogP contribution is -2.20. The summed E-state index contributed by atoms with van der Waals surface area (Å²) >= 11 is 0. The lowest BCUT2D eigenvalue weighted by Gasteiger charge is -2.31. The minimum atomic E-state index is 0.225. The fourth-order valence-electron chi connectivity index (χ4n) is 5.56. The topological polar surface area (TPSA) is 92.3 Å². The van der Waals surface area contributed by atoms with Crippen LogP contribution in [0.3, 0.4) is 0 Å². The summed E-state index contributed by atoms with van der Waals surface area (Å²) in [6.07, 6.45) is 15.6. The van der Waals surface area contributed by atoms with Gasteiger partial charge in [0.25, 0.3) is 0 Å². The number of benzene rings is 2. The summed E-state index contributed by atoms with van der Waals surface area (Å²) in [6, 6.07) is 16.8. The van der Waals surface area contributed by atoms with E-state index in [9.17, 15) is 5.26 Å². The highest BCUT2D eigenvalue weighted by molar-refractivity contribution is 5.86. The highest BCUT2D eigenvalue weighted by atomic mass is 15.0. The number of nitriles is 1. The molecule has 0 saturated heterocycles. The Morgan fingerprint density at radius 1 is 1.21 bits per heavy atom. The van der Waals surface area contributed by atoms with E-state index >= 15 is 0 Å². The molecule has 4 rings (SSSR count). The van der Waals surface area contributed by atoms with Gasteiger partial charge in [-0.25, -0.2) is 4.98 Å². The van der Waals surface area contributed by atoms with Crippen LogP contribution < -0.4 is 5.73 Å². The fourth-order valence-corrected chi connectivity index (χ4v) is 5.56. The van der Waals surface area contributed by atoms with Gasteiger partial charge in [0.1, 0.15) is 0 Å². The van der Waals surface area contributed by atoms with E-state index in [1.54, 1.807) is 12.3 Å². The number of hydrogen-bond acceptors (Lipinski definition) is 5. The number of nitrogens with zero attached hydrogens (tertiary/aromatic N) is 5. The Balaban J connectivity index is 1.71. The zero-order valence-corrected chi connectivity index (χ0v) is 22.3. The Kier molecular flexibility index (Phi) is 9.05. The number of rotatable bonds is 9. The van der Waals surface area contributed by atoms with Crippen LogP contribution in [-0.4, -0.2) is 22.5 Å². The van der Waals surface area contributed by atoms with E-state index in [-0.39, 0.29) is 5.92 Å². The maximum absolute atomic E-state index is 10.3. The molecule has 194 valence electrons. The molecule has 1 fully saturated rings. The molecule has 6 heteroatoms. The molecule has 0 spiro atoms. The van der Waals surface area contributed by atoms with Crippen LogP contribution >= 0.6 is 0 Å². The smallest absolute Gasteiger partial charge is 0.0998 e. The summed E-state index contributed by atoms with van der Waals surface area (Å²) in [4.78, 5) is 13.1. The maximum atomic E-state index is 10.3. The minimum absolute atomic E-state index is 0.225. The normalized spacial score (nSPS) is 15.9. The Morgan fingerprint density at radius 2 is 1.97 bits per heavy atom. The van der Waals surface area contributed by atoms with Crippen molar-refractivity contribution in [3.05, 3.63) is 95.2 Å². The van der Waals surface area contributed by atoms with Gasteiger partial charge in [-0.1, -0.05) is 43.0 Å². The molecule has 6 nitrogen and oxygen atoms in total. The van der Waals surface area contributed by atoms with Gasteiger partial charge in [0.15, 0.2) is 0 Å². The van der Waals surface area contributed by atoms with Crippen LogP contribution in [-0.2, 0) is 13.5 Å². The highest BCUT2D eigenvalue weighted by Crippen LogP contribution is 2.42. The van der Waals surface area contributed by atoms with Gasteiger partial charge < -0.3 is 10.3 Å². The molecule has 0 bridgehead atoms. The number of aliphatic imine (C=N–C) groups is 2. The van der Waals surface area contributed by atoms with Gasteiger partial charge in [0, 0.05) is 36.6 Å². The zero-order chi connectivity index (χ0) is 26.9. The van der Waals surface area contributed by atoms with Gasteiger partial charge in [-0.3, -0.25) is 9.98 Å². The average molecular weight is 505 g/mol. The molecule has 38 heavy (non-hydrogen) atoms. The number of hydrogen-bond donors (Lipinski definition) is 1. The Morgan fingerprint density at radius 3 is 2.61 bits per heavy atom. The van der Waals surface area contributed by atoms with E-state index in [2.05, 4.69) is 51.5 Å². The number of allylic oxidation sites excluding steroid dienone is 3. The van der Waals surface area contributed by atoms with Crippen LogP contribution in [0.25, 0.3) is 5.57 Å². The van der Waals surface area contributed by atoms with Crippen molar-refractivity contribution in [3.63, 3.8) is 0 Å². The first-order valence-electron chi connectivity index (χ1n) is 13.2. The van der Waals surface area contributed by atoms with Crippen molar-refractivity contribution in [2.45, 2.75) is 51.4 Å². The van der Waals surface area contributed by atoms with E-state index in [0.717, 1.165) is 28.1 Å². The number of imidazole rings is 1. The summed E-state index contributed by atoms with van der Waals surface area (Å²) in [5.74, 6) is 0.773. The van der Waals surface area contributed by atoms with E-state index in [1.807, 2.05) is 49.8 Å². The molecule has 1 saturated carbocycles. The molecule has 0 amide bonds. The lowest BCUT2D eigenvalue weighted by molar-refractivity contribution is 0.321. The van der Waals surface area contributed by atoms with Crippen LogP contribution in [0, 0.1) is 17.2 Å². The van der Waals surface area contributed by atoms with E-state index in [0.29, 0.717) is 17.9 Å². The van der Waals surface area contributed by atoms with Crippen molar-refractivity contribution in [1.29, 1.82) is 5.26 Å². The first kappa shape index (κ1) is 26.8. The van der Waals surface area contributed by atoms with E-state index < -0.39 is 0 Å². The third kappa shape index (κ3) is 6.18. The Labute approximate surface area is 226 Å². The molecule has 1 heterocycles. The van der Waals surface area contributed by atoms with Crippen molar-refractivity contribution in [3.8, 4) is 6.07 Å². The highest BCUT2D eigenvalue weighted by Gasteiger charge is 2.29. The van der Waals surface area contributed by atoms with E-state index in [4.69, 9.17) is 5.73 Å². The second-order valence-corrected chi connectivity index (χ2v) is 10.0. The molecule has 1 atom stereocenters. The summed E-state index contributed by atoms with van der Waals surface area (Å²) < 4.78 is 2.13. The SMILES string of the molecule is C=Nc1ccc(C(c2cncn2C)C2CCCCC2)cc1/C(C#N)=C(\C)Cc1ccc(N=CC=CN)cc1. The number of aromatic nitrogens is 2. The number of nitrogens with two attached hydrogens (primary N) is 1. The number of aryl methyl sites for hydroxylation is 1. The quantitative estimate of drug-likeness (QED) is 0.247. The summed E-state index contributed by atoms with van der Waals surface area (Å²) in [7, 11) is 2.06. The summed E-state index contributed by atoms with van der Waals surface area (Å²) in [6.45, 7) is 5.82. The van der Waals surface area contributed by atoms with Crippen LogP contribution in [0.4, 0.5) is 11.4 Å². The van der Waals surface area contributed by atoms with Crippen molar-refractivity contribution in [2.24, 2.45) is 28.7 Å². The first-order valence-corrected chi connectivity index (χ1v) is 13.2. The predicted molar refractivity (Wildman–Crippen MR) is 157 cm³/mol. The predicted octanol–water partition coefficient (Wildman–Crippen LogP) is 7.18. The largest absolute Gasteiger partial charge is 0.405 e. The third-order valence-corrected chi connectivity index (χ3v) is 7.48. The molecule has 2 aromatic carbocycles. The second kappa shape index (κ2) is 12.8. The Hall–Kier alpha value is -4.24. The molecule has 1 aromatic heterocycles. The zero-order valence-electron chi connectivity index (χ0n) is 22.3.